The van der Waals surface area contributed by atoms with Crippen molar-refractivity contribution in [1.82, 2.24) is 9.97 Å². The molecule has 0 saturated heterocycles. The van der Waals surface area contributed by atoms with Gasteiger partial charge in [0.15, 0.2) is 0 Å². The van der Waals surface area contributed by atoms with Crippen LogP contribution in [0.3, 0.4) is 0 Å². The molecule has 1 aromatic carbocycles. The van der Waals surface area contributed by atoms with Gasteiger partial charge in [0.25, 0.3) is 0 Å². The van der Waals surface area contributed by atoms with E-state index in [0.717, 1.165) is 52.0 Å². The third kappa shape index (κ3) is 3.22. The van der Waals surface area contributed by atoms with Crippen molar-refractivity contribution in [1.29, 1.82) is 0 Å². The van der Waals surface area contributed by atoms with Crippen molar-refractivity contribution in [2.24, 2.45) is 9.98 Å². The van der Waals surface area contributed by atoms with Crippen LogP contribution in [0, 0.1) is 0 Å². The van der Waals surface area contributed by atoms with Gasteiger partial charge in [0.2, 0.25) is 0 Å². The van der Waals surface area contributed by atoms with Crippen LogP contribution >= 0.6 is 0 Å². The zero-order chi connectivity index (χ0) is 22.2. The van der Waals surface area contributed by atoms with Crippen molar-refractivity contribution in [3.05, 3.63) is 118 Å². The van der Waals surface area contributed by atoms with Crippen molar-refractivity contribution < 1.29 is 19.5 Å². The Morgan fingerprint density at radius 1 is 0.824 bits per heavy atom. The molecule has 4 nitrogen and oxygen atoms in total. The molecular weight excluding hydrogens is 470 g/mol. The van der Waals surface area contributed by atoms with Gasteiger partial charge in [-0.15, -0.1) is 17.1 Å². The van der Waals surface area contributed by atoms with E-state index < -0.39 is 0 Å². The van der Waals surface area contributed by atoms with Gasteiger partial charge in [0, 0.05) is 17.0 Å². The minimum atomic E-state index is -0.133. The molecule has 8 bridgehead atoms. The summed E-state index contributed by atoms with van der Waals surface area (Å²) >= 11 is 0. The van der Waals surface area contributed by atoms with Gasteiger partial charge in [0.05, 0.1) is 17.1 Å². The number of allylic oxidation sites excluding steroid dienone is 4. The summed E-state index contributed by atoms with van der Waals surface area (Å²) in [6, 6.07) is 15.1. The summed E-state index contributed by atoms with van der Waals surface area (Å²) in [7, 11) is 0. The van der Waals surface area contributed by atoms with Gasteiger partial charge < -0.3 is 9.97 Å². The van der Waals surface area contributed by atoms with Crippen molar-refractivity contribution in [3.8, 4) is 0 Å². The normalized spacial score (nSPS) is 23.8. The molecule has 0 N–H and O–H groups in total. The van der Waals surface area contributed by atoms with E-state index in [2.05, 4.69) is 92.8 Å². The number of fused-ring (bicyclic) bond motifs is 8. The van der Waals surface area contributed by atoms with Crippen LogP contribution in [0.2, 0.25) is 0 Å². The van der Waals surface area contributed by atoms with Gasteiger partial charge in [-0.25, -0.2) is 0 Å². The molecule has 1 atom stereocenters. The summed E-state index contributed by atoms with van der Waals surface area (Å²) in [5, 5.41) is 0. The van der Waals surface area contributed by atoms with E-state index >= 15 is 0 Å². The first kappa shape index (κ1) is 21.3. The summed E-state index contributed by atoms with van der Waals surface area (Å²) < 4.78 is 0. The molecule has 3 aliphatic heterocycles. The van der Waals surface area contributed by atoms with Gasteiger partial charge in [-0.05, 0) is 41.9 Å². The van der Waals surface area contributed by atoms with Gasteiger partial charge in [-0.1, -0.05) is 74.0 Å². The number of hydrogen-bond donors (Lipinski definition) is 0. The first-order valence-electron chi connectivity index (χ1n) is 11.4. The summed E-state index contributed by atoms with van der Waals surface area (Å²) in [6.07, 6.45) is 13.2. The fraction of sp³-hybridized carbons (Fsp3) is 0.172. The Hall–Kier alpha value is -3.30. The average Bonchev–Trinajstić information content (AvgIpc) is 3.58. The summed E-state index contributed by atoms with van der Waals surface area (Å²) in [5.74, 6) is 0.00722. The van der Waals surface area contributed by atoms with Gasteiger partial charge >= 0.3 is 19.5 Å². The molecule has 0 amide bonds. The summed E-state index contributed by atoms with van der Waals surface area (Å²) in [4.78, 5) is 19.8. The van der Waals surface area contributed by atoms with E-state index in [1.165, 1.54) is 16.7 Å². The quantitative estimate of drug-likeness (QED) is 0.399. The largest absolute Gasteiger partial charge is 2.00 e. The third-order valence-electron chi connectivity index (χ3n) is 7.08. The van der Waals surface area contributed by atoms with Crippen molar-refractivity contribution in [2.45, 2.75) is 31.6 Å². The maximum absolute atomic E-state index is 5.16. The molecule has 0 radical (unpaired) electrons. The molecule has 2 aromatic heterocycles. The maximum Gasteiger partial charge on any atom is 2.00 e. The number of rotatable bonds is 0. The standard InChI is InChI=1S/C29H22N4.Zn/c1-29(2)24-6-4-3-5-23(24)27-26-12-11-21(32-26)14-19-8-7-17(30-19)13-18-9-10-20(31-18)15-22-16-25(29)28(27)33-22;/h3-12,14-16,27H,13H2,1-2H3;/q-2;+2/b20-15-,21-14-;. The number of aliphatic imine (C=N–C) groups is 2. The molecule has 0 spiro atoms. The van der Waals surface area contributed by atoms with E-state index in [-0.39, 0.29) is 30.8 Å². The Bertz CT molecular complexity index is 1520. The summed E-state index contributed by atoms with van der Waals surface area (Å²) in [6.45, 7) is 4.59. The Labute approximate surface area is 211 Å². The van der Waals surface area contributed by atoms with Crippen molar-refractivity contribution in [3.63, 3.8) is 0 Å². The van der Waals surface area contributed by atoms with Crippen LogP contribution in [0.15, 0.2) is 88.1 Å². The fourth-order valence-electron chi connectivity index (χ4n) is 5.48. The molecule has 0 saturated carbocycles. The Morgan fingerprint density at radius 3 is 2.53 bits per heavy atom. The van der Waals surface area contributed by atoms with E-state index in [9.17, 15) is 0 Å². The smallest absolute Gasteiger partial charge is 0.661 e. The zero-order valence-electron chi connectivity index (χ0n) is 19.3. The molecule has 1 aliphatic carbocycles. The van der Waals surface area contributed by atoms with Crippen LogP contribution in [-0.2, 0) is 31.3 Å². The summed E-state index contributed by atoms with van der Waals surface area (Å²) in [5.41, 5.74) is 11.7. The predicted octanol–water partition coefficient (Wildman–Crippen LogP) is 5.33. The average molecular weight is 492 g/mol. The number of hydrogen-bond acceptors (Lipinski definition) is 2. The fourth-order valence-corrected chi connectivity index (χ4v) is 5.48. The van der Waals surface area contributed by atoms with E-state index in [1.807, 2.05) is 0 Å². The molecule has 5 heterocycles. The Morgan fingerprint density at radius 2 is 1.62 bits per heavy atom. The molecule has 3 aromatic rings. The van der Waals surface area contributed by atoms with Gasteiger partial charge in [-0.3, -0.25) is 9.98 Å². The first-order chi connectivity index (χ1) is 16.0. The SMILES string of the molecule is CC1(C)c2ccccc2C2C3=N/C(=C\c4ccc([n-]4)CC4=N/C(=C\c5cc1c2[n-]5)C=C4)C=C3.[Zn+2]. The second-order valence-corrected chi connectivity index (χ2v) is 9.61. The first-order valence-corrected chi connectivity index (χ1v) is 11.4. The van der Waals surface area contributed by atoms with E-state index in [4.69, 9.17) is 20.0 Å². The minimum Gasteiger partial charge on any atom is -0.661 e. The Kier molecular flexibility index (Phi) is 4.76. The van der Waals surface area contributed by atoms with Gasteiger partial charge in [-0.2, -0.15) is 5.69 Å². The van der Waals surface area contributed by atoms with Crippen LogP contribution in [0.1, 0.15) is 59.2 Å². The van der Waals surface area contributed by atoms with Crippen LogP contribution < -0.4 is 9.97 Å². The second-order valence-electron chi connectivity index (χ2n) is 9.61. The van der Waals surface area contributed by atoms with Crippen molar-refractivity contribution in [2.75, 3.05) is 0 Å². The molecule has 5 heteroatoms. The molecule has 34 heavy (non-hydrogen) atoms. The molecule has 4 aliphatic rings. The minimum absolute atomic E-state index is 0. The Balaban J connectivity index is 0.00000217. The molecule has 0 fully saturated rings. The van der Waals surface area contributed by atoms with E-state index in [1.54, 1.807) is 0 Å². The maximum atomic E-state index is 5.16. The molecule has 160 valence electrons. The van der Waals surface area contributed by atoms with Crippen LogP contribution in [0.4, 0.5) is 0 Å². The van der Waals surface area contributed by atoms with Crippen molar-refractivity contribution >= 4 is 23.6 Å². The topological polar surface area (TPSA) is 52.9 Å². The molecule has 7 rings (SSSR count). The second kappa shape index (κ2) is 7.61. The van der Waals surface area contributed by atoms with Gasteiger partial charge in [0.1, 0.15) is 0 Å². The molecular formula is C29H22N4Zn. The monoisotopic (exact) mass is 490 g/mol. The predicted molar refractivity (Wildman–Crippen MR) is 133 cm³/mol. The van der Waals surface area contributed by atoms with Crippen LogP contribution in [0.5, 0.6) is 0 Å². The number of nitrogens with zero attached hydrogens (tertiary/aromatic N) is 4. The molecule has 1 unspecified atom stereocenters. The van der Waals surface area contributed by atoms with E-state index in [0.29, 0.717) is 0 Å². The third-order valence-corrected chi connectivity index (χ3v) is 7.08. The number of benzene rings is 1. The van der Waals surface area contributed by atoms with Crippen LogP contribution in [0.25, 0.3) is 12.2 Å². The number of aromatic nitrogens is 2. The van der Waals surface area contributed by atoms with Crippen LogP contribution in [-0.4, -0.2) is 11.4 Å². The zero-order valence-corrected chi connectivity index (χ0v) is 22.3.